The summed E-state index contributed by atoms with van der Waals surface area (Å²) in [5.74, 6) is -0.273. The number of nitrogens with zero attached hydrogens (tertiary/aromatic N) is 1. The first-order valence-corrected chi connectivity index (χ1v) is 7.97. The van der Waals surface area contributed by atoms with Crippen molar-refractivity contribution >= 4 is 18.1 Å². The Hall–Kier alpha value is -3.55. The van der Waals surface area contributed by atoms with E-state index in [4.69, 9.17) is 14.2 Å². The van der Waals surface area contributed by atoms with Gasteiger partial charge in [0.2, 0.25) is 5.91 Å². The molecule has 0 radical (unpaired) electrons. The first kappa shape index (κ1) is 19.8. The Labute approximate surface area is 156 Å². The minimum Gasteiger partial charge on any atom is -0.546 e. The number of rotatable bonds is 9. The summed E-state index contributed by atoms with van der Waals surface area (Å²) >= 11 is 0. The summed E-state index contributed by atoms with van der Waals surface area (Å²) in [7, 11) is 3.01. The van der Waals surface area contributed by atoms with Crippen LogP contribution in [0.3, 0.4) is 0 Å². The Morgan fingerprint density at radius 2 is 1.81 bits per heavy atom. The Kier molecular flexibility index (Phi) is 7.18. The summed E-state index contributed by atoms with van der Waals surface area (Å²) in [6.45, 7) is -0.578. The second-order valence-corrected chi connectivity index (χ2v) is 5.39. The van der Waals surface area contributed by atoms with Crippen LogP contribution in [0.15, 0.2) is 47.6 Å². The monoisotopic (exact) mass is 371 g/mol. The van der Waals surface area contributed by atoms with Crippen LogP contribution in [0.25, 0.3) is 0 Å². The van der Waals surface area contributed by atoms with Crippen LogP contribution in [0, 0.1) is 0 Å². The summed E-state index contributed by atoms with van der Waals surface area (Å²) in [5, 5.41) is 14.4. The van der Waals surface area contributed by atoms with Gasteiger partial charge >= 0.3 is 0 Å². The van der Waals surface area contributed by atoms with Crippen LogP contribution in [0.1, 0.15) is 11.1 Å². The molecule has 2 aromatic rings. The predicted octanol–water partition coefficient (Wildman–Crippen LogP) is 0.525. The van der Waals surface area contributed by atoms with E-state index in [-0.39, 0.29) is 18.1 Å². The molecule has 0 aliphatic carbocycles. The van der Waals surface area contributed by atoms with Gasteiger partial charge in [-0.2, -0.15) is 5.10 Å². The third-order valence-corrected chi connectivity index (χ3v) is 3.46. The van der Waals surface area contributed by atoms with Gasteiger partial charge < -0.3 is 24.1 Å². The Bertz CT molecular complexity index is 817. The second-order valence-electron chi connectivity index (χ2n) is 5.39. The number of aliphatic carboxylic acids is 1. The van der Waals surface area contributed by atoms with Crippen molar-refractivity contribution < 1.29 is 28.9 Å². The van der Waals surface area contributed by atoms with E-state index in [2.05, 4.69) is 10.5 Å². The van der Waals surface area contributed by atoms with Crippen molar-refractivity contribution in [1.29, 1.82) is 0 Å². The molecule has 0 bridgehead atoms. The van der Waals surface area contributed by atoms with Crippen LogP contribution in [-0.4, -0.2) is 38.9 Å². The van der Waals surface area contributed by atoms with E-state index in [0.717, 1.165) is 11.3 Å². The minimum absolute atomic E-state index is 0.181. The smallest absolute Gasteiger partial charge is 0.244 e. The van der Waals surface area contributed by atoms with Crippen molar-refractivity contribution in [3.8, 4) is 17.2 Å². The number of carbonyl (C=O) groups excluding carboxylic acids is 2. The quantitative estimate of drug-likeness (QED) is 0.509. The molecule has 142 valence electrons. The molecule has 0 saturated heterocycles. The maximum atomic E-state index is 11.9. The number of carboxylic acids is 1. The van der Waals surface area contributed by atoms with Gasteiger partial charge in [0.05, 0.1) is 32.8 Å². The summed E-state index contributed by atoms with van der Waals surface area (Å²) in [5.41, 5.74) is 3.91. The number of hydrazone groups is 1. The largest absolute Gasteiger partial charge is 0.546 e. The van der Waals surface area contributed by atoms with Crippen molar-refractivity contribution in [3.05, 3.63) is 53.6 Å². The molecule has 0 aromatic heterocycles. The fourth-order valence-corrected chi connectivity index (χ4v) is 2.17. The lowest BCUT2D eigenvalue weighted by Gasteiger charge is -2.11. The van der Waals surface area contributed by atoms with Gasteiger partial charge in [-0.25, -0.2) is 5.43 Å². The predicted molar refractivity (Wildman–Crippen MR) is 95.9 cm³/mol. The number of hydrogen-bond donors (Lipinski definition) is 1. The lowest BCUT2D eigenvalue weighted by atomic mass is 10.1. The van der Waals surface area contributed by atoms with E-state index in [9.17, 15) is 14.7 Å². The first-order chi connectivity index (χ1) is 13.0. The zero-order valence-corrected chi connectivity index (χ0v) is 14.9. The van der Waals surface area contributed by atoms with E-state index in [1.165, 1.54) is 13.3 Å². The molecule has 0 aliphatic rings. The third kappa shape index (κ3) is 6.35. The molecule has 0 fully saturated rings. The highest BCUT2D eigenvalue weighted by molar-refractivity contribution is 5.84. The Balaban J connectivity index is 1.92. The summed E-state index contributed by atoms with van der Waals surface area (Å²) in [6.07, 6.45) is 1.62. The molecule has 2 rings (SSSR count). The number of hydrogen-bond acceptors (Lipinski definition) is 7. The average molecular weight is 371 g/mol. The third-order valence-electron chi connectivity index (χ3n) is 3.46. The molecule has 0 heterocycles. The summed E-state index contributed by atoms with van der Waals surface area (Å²) in [4.78, 5) is 22.4. The van der Waals surface area contributed by atoms with Gasteiger partial charge in [-0.3, -0.25) is 4.79 Å². The van der Waals surface area contributed by atoms with Crippen molar-refractivity contribution in [1.82, 2.24) is 5.43 Å². The zero-order valence-electron chi connectivity index (χ0n) is 14.9. The maximum Gasteiger partial charge on any atom is 0.244 e. The van der Waals surface area contributed by atoms with Crippen LogP contribution in [0.2, 0.25) is 0 Å². The molecular weight excluding hydrogens is 352 g/mol. The van der Waals surface area contributed by atoms with Crippen LogP contribution in [0.5, 0.6) is 17.2 Å². The van der Waals surface area contributed by atoms with Crippen LogP contribution < -0.4 is 24.7 Å². The van der Waals surface area contributed by atoms with Gasteiger partial charge in [0.15, 0.2) is 11.5 Å². The Morgan fingerprint density at radius 1 is 1.07 bits per heavy atom. The van der Waals surface area contributed by atoms with Gasteiger partial charge in [0, 0.05) is 0 Å². The van der Waals surface area contributed by atoms with E-state index < -0.39 is 12.6 Å². The molecule has 1 N–H and O–H groups in total. The SMILES string of the molecule is COc1ccc(CC(=O)N/N=C\c2ccc(OCC(=O)[O-])c(OC)c2)cc1. The number of carboxylic acid groups (broad SMARTS) is 1. The Morgan fingerprint density at radius 3 is 2.44 bits per heavy atom. The van der Waals surface area contributed by atoms with E-state index in [1.807, 2.05) is 0 Å². The molecular formula is C19H19N2O6-. The number of ether oxygens (including phenoxy) is 3. The highest BCUT2D eigenvalue weighted by Gasteiger charge is 2.06. The van der Waals surface area contributed by atoms with Crippen molar-refractivity contribution in [2.24, 2.45) is 5.10 Å². The van der Waals surface area contributed by atoms with Gasteiger partial charge in [0.25, 0.3) is 0 Å². The summed E-state index contributed by atoms with van der Waals surface area (Å²) in [6, 6.07) is 12.0. The second kappa shape index (κ2) is 9.81. The topological polar surface area (TPSA) is 109 Å². The van der Waals surface area contributed by atoms with Gasteiger partial charge in [-0.05, 0) is 41.5 Å². The standard InChI is InChI=1S/C19H20N2O6/c1-25-15-6-3-13(4-7-15)10-18(22)21-20-11-14-5-8-16(17(9-14)26-2)27-12-19(23)24/h3-9,11H,10,12H2,1-2H3,(H,21,22)(H,23,24)/p-1/b20-11-. The number of methoxy groups -OCH3 is 2. The van der Waals surface area contributed by atoms with Gasteiger partial charge in [-0.1, -0.05) is 12.1 Å². The molecule has 0 spiro atoms. The normalized spacial score (nSPS) is 10.4. The fraction of sp³-hybridized carbons (Fsp3) is 0.211. The molecule has 8 nitrogen and oxygen atoms in total. The maximum absolute atomic E-state index is 11.9. The fourth-order valence-electron chi connectivity index (χ4n) is 2.17. The highest BCUT2D eigenvalue weighted by atomic mass is 16.5. The average Bonchev–Trinajstić information content (AvgIpc) is 2.67. The number of nitrogens with one attached hydrogen (secondary N) is 1. The molecule has 27 heavy (non-hydrogen) atoms. The molecule has 0 aliphatic heterocycles. The molecule has 2 aromatic carbocycles. The minimum atomic E-state index is -1.33. The number of benzene rings is 2. The van der Waals surface area contributed by atoms with Crippen molar-refractivity contribution in [3.63, 3.8) is 0 Å². The van der Waals surface area contributed by atoms with E-state index >= 15 is 0 Å². The van der Waals surface area contributed by atoms with Crippen LogP contribution in [0.4, 0.5) is 0 Å². The van der Waals surface area contributed by atoms with E-state index in [0.29, 0.717) is 11.3 Å². The van der Waals surface area contributed by atoms with Crippen molar-refractivity contribution in [2.45, 2.75) is 6.42 Å². The van der Waals surface area contributed by atoms with E-state index in [1.54, 1.807) is 49.6 Å². The lowest BCUT2D eigenvalue weighted by Crippen LogP contribution is -2.29. The zero-order chi connectivity index (χ0) is 19.6. The lowest BCUT2D eigenvalue weighted by molar-refractivity contribution is -0.307. The molecule has 0 unspecified atom stereocenters. The molecule has 8 heteroatoms. The van der Waals surface area contributed by atoms with Crippen LogP contribution in [-0.2, 0) is 16.0 Å². The van der Waals surface area contributed by atoms with Gasteiger partial charge in [-0.15, -0.1) is 0 Å². The highest BCUT2D eigenvalue weighted by Crippen LogP contribution is 2.27. The molecule has 0 atom stereocenters. The first-order valence-electron chi connectivity index (χ1n) is 7.97. The molecule has 1 amide bonds. The number of carbonyl (C=O) groups is 2. The van der Waals surface area contributed by atoms with Crippen molar-refractivity contribution in [2.75, 3.05) is 20.8 Å². The van der Waals surface area contributed by atoms with Gasteiger partial charge in [0.1, 0.15) is 12.4 Å². The molecule has 0 saturated carbocycles. The number of amides is 1. The van der Waals surface area contributed by atoms with Crippen LogP contribution >= 0.6 is 0 Å². The summed E-state index contributed by atoms with van der Waals surface area (Å²) < 4.78 is 15.3.